The molecule has 0 aliphatic carbocycles. The smallest absolute Gasteiger partial charge is 0.405 e. The molecule has 1 aliphatic heterocycles. The second kappa shape index (κ2) is 3.57. The second-order valence-electron chi connectivity index (χ2n) is 3.18. The van der Waals surface area contributed by atoms with Crippen LogP contribution in [0.25, 0.3) is 0 Å². The Labute approximate surface area is 81.5 Å². The highest BCUT2D eigenvalue weighted by Crippen LogP contribution is 2.31. The van der Waals surface area contributed by atoms with Crippen LogP contribution in [0.5, 0.6) is 5.75 Å². The molecule has 0 spiro atoms. The molecule has 4 heteroatoms. The van der Waals surface area contributed by atoms with E-state index in [1.165, 1.54) is 0 Å². The van der Waals surface area contributed by atoms with Crippen molar-refractivity contribution in [3.63, 3.8) is 0 Å². The number of rotatable bonds is 1. The van der Waals surface area contributed by atoms with Crippen LogP contribution in [0, 0.1) is 0 Å². The Morgan fingerprint density at radius 2 is 2.29 bits per heavy atom. The third-order valence-corrected chi connectivity index (χ3v) is 2.26. The summed E-state index contributed by atoms with van der Waals surface area (Å²) in [5, 5.41) is 11.1. The van der Waals surface area contributed by atoms with Crippen LogP contribution < -0.4 is 10.1 Å². The van der Waals surface area contributed by atoms with E-state index < -0.39 is 6.09 Å². The van der Waals surface area contributed by atoms with E-state index in [0.717, 1.165) is 11.3 Å². The third-order valence-electron chi connectivity index (χ3n) is 2.26. The van der Waals surface area contributed by atoms with Gasteiger partial charge < -0.3 is 15.2 Å². The summed E-state index contributed by atoms with van der Waals surface area (Å²) >= 11 is 0. The van der Waals surface area contributed by atoms with Crippen molar-refractivity contribution < 1.29 is 14.6 Å². The van der Waals surface area contributed by atoms with Crippen molar-refractivity contribution in [3.8, 4) is 5.75 Å². The third kappa shape index (κ3) is 1.64. The normalized spacial score (nSPS) is 19.3. The molecule has 1 atom stereocenters. The molecular weight excluding hydrogens is 182 g/mol. The number of carboxylic acid groups (broad SMARTS) is 1. The van der Waals surface area contributed by atoms with Gasteiger partial charge in [0.1, 0.15) is 5.75 Å². The summed E-state index contributed by atoms with van der Waals surface area (Å²) in [4.78, 5) is 10.5. The van der Waals surface area contributed by atoms with Crippen molar-refractivity contribution in [2.24, 2.45) is 0 Å². The van der Waals surface area contributed by atoms with Gasteiger partial charge in [0.2, 0.25) is 0 Å². The lowest BCUT2D eigenvalue weighted by Gasteiger charge is -2.25. The number of amides is 1. The second-order valence-corrected chi connectivity index (χ2v) is 3.18. The number of benzene rings is 1. The maximum atomic E-state index is 10.5. The monoisotopic (exact) mass is 193 g/mol. The van der Waals surface area contributed by atoms with Crippen LogP contribution in [0.2, 0.25) is 0 Å². The van der Waals surface area contributed by atoms with Crippen LogP contribution in [0.1, 0.15) is 18.0 Å². The predicted molar refractivity (Wildman–Crippen MR) is 50.5 cm³/mol. The van der Waals surface area contributed by atoms with Gasteiger partial charge in [0, 0.05) is 12.0 Å². The molecule has 1 aromatic rings. The topological polar surface area (TPSA) is 58.6 Å². The van der Waals surface area contributed by atoms with Crippen LogP contribution >= 0.6 is 0 Å². The molecule has 0 bridgehead atoms. The number of ether oxygens (including phenoxy) is 1. The Morgan fingerprint density at radius 3 is 3.07 bits per heavy atom. The zero-order valence-electron chi connectivity index (χ0n) is 7.56. The van der Waals surface area contributed by atoms with Gasteiger partial charge in [-0.15, -0.1) is 0 Å². The lowest BCUT2D eigenvalue weighted by molar-refractivity contribution is 0.182. The number of carbonyl (C=O) groups is 1. The molecule has 1 heterocycles. The van der Waals surface area contributed by atoms with E-state index >= 15 is 0 Å². The molecule has 74 valence electrons. The first kappa shape index (κ1) is 8.87. The summed E-state index contributed by atoms with van der Waals surface area (Å²) in [5.74, 6) is 0.775. The Bertz CT molecular complexity index is 351. The van der Waals surface area contributed by atoms with E-state index in [1.807, 2.05) is 24.3 Å². The van der Waals surface area contributed by atoms with Crippen molar-refractivity contribution >= 4 is 6.09 Å². The highest BCUT2D eigenvalue weighted by atomic mass is 16.5. The lowest BCUT2D eigenvalue weighted by Crippen LogP contribution is -2.30. The van der Waals surface area contributed by atoms with Crippen LogP contribution in [0.3, 0.4) is 0 Å². The fraction of sp³-hybridized carbons (Fsp3) is 0.300. The first-order valence-electron chi connectivity index (χ1n) is 4.48. The molecule has 0 saturated carbocycles. The van der Waals surface area contributed by atoms with Crippen molar-refractivity contribution in [2.75, 3.05) is 6.61 Å². The van der Waals surface area contributed by atoms with Crippen LogP contribution in [-0.4, -0.2) is 17.8 Å². The van der Waals surface area contributed by atoms with Crippen molar-refractivity contribution in [2.45, 2.75) is 12.5 Å². The molecule has 1 amide bonds. The van der Waals surface area contributed by atoms with Gasteiger partial charge in [-0.05, 0) is 6.07 Å². The number of hydrogen-bond acceptors (Lipinski definition) is 2. The Hall–Kier alpha value is -1.71. The molecule has 0 unspecified atom stereocenters. The van der Waals surface area contributed by atoms with Gasteiger partial charge in [-0.25, -0.2) is 4.79 Å². The minimum atomic E-state index is -0.994. The van der Waals surface area contributed by atoms with E-state index in [4.69, 9.17) is 9.84 Å². The summed E-state index contributed by atoms with van der Waals surface area (Å²) in [7, 11) is 0. The van der Waals surface area contributed by atoms with Gasteiger partial charge in [0.05, 0.1) is 12.6 Å². The van der Waals surface area contributed by atoms with Crippen LogP contribution in [-0.2, 0) is 0 Å². The predicted octanol–water partition coefficient (Wildman–Crippen LogP) is 1.78. The minimum absolute atomic E-state index is 0.141. The van der Waals surface area contributed by atoms with E-state index in [-0.39, 0.29) is 6.04 Å². The summed E-state index contributed by atoms with van der Waals surface area (Å²) < 4.78 is 5.40. The average Bonchev–Trinajstić information content (AvgIpc) is 2.18. The average molecular weight is 193 g/mol. The van der Waals surface area contributed by atoms with E-state index in [9.17, 15) is 4.79 Å². The van der Waals surface area contributed by atoms with Gasteiger partial charge in [-0.2, -0.15) is 0 Å². The molecule has 2 rings (SSSR count). The minimum Gasteiger partial charge on any atom is -0.493 e. The number of hydrogen-bond donors (Lipinski definition) is 2. The zero-order chi connectivity index (χ0) is 9.97. The quantitative estimate of drug-likeness (QED) is 0.714. The maximum absolute atomic E-state index is 10.5. The van der Waals surface area contributed by atoms with Crippen LogP contribution in [0.4, 0.5) is 4.79 Å². The molecule has 1 aromatic carbocycles. The summed E-state index contributed by atoms with van der Waals surface area (Å²) in [6.07, 6.45) is -0.310. The fourth-order valence-electron chi connectivity index (χ4n) is 1.64. The van der Waals surface area contributed by atoms with Crippen LogP contribution in [0.15, 0.2) is 24.3 Å². The molecule has 0 radical (unpaired) electrons. The Morgan fingerprint density at radius 1 is 1.50 bits per heavy atom. The molecule has 1 aliphatic rings. The molecule has 0 fully saturated rings. The van der Waals surface area contributed by atoms with Crippen molar-refractivity contribution in [1.82, 2.24) is 5.32 Å². The fourth-order valence-corrected chi connectivity index (χ4v) is 1.64. The number of para-hydroxylation sites is 1. The van der Waals surface area contributed by atoms with E-state index in [1.54, 1.807) is 0 Å². The van der Waals surface area contributed by atoms with Gasteiger partial charge in [0.25, 0.3) is 0 Å². The molecule has 4 nitrogen and oxygen atoms in total. The van der Waals surface area contributed by atoms with E-state index in [2.05, 4.69) is 5.32 Å². The molecule has 0 aromatic heterocycles. The maximum Gasteiger partial charge on any atom is 0.405 e. The molecular formula is C10H11NO3. The Balaban J connectivity index is 2.26. The highest BCUT2D eigenvalue weighted by Gasteiger charge is 2.21. The first-order chi connectivity index (χ1) is 6.77. The van der Waals surface area contributed by atoms with Gasteiger partial charge >= 0.3 is 6.09 Å². The first-order valence-corrected chi connectivity index (χ1v) is 4.48. The molecule has 0 saturated heterocycles. The standard InChI is InChI=1S/C10H11NO3/c12-10(13)11-8-5-6-14-9-4-2-1-3-7(8)9/h1-4,8,11H,5-6H2,(H,12,13)/t8-/m0/s1. The Kier molecular flexibility index (Phi) is 2.26. The molecule has 2 N–H and O–H groups in total. The summed E-state index contributed by atoms with van der Waals surface area (Å²) in [6.45, 7) is 0.558. The molecule has 14 heavy (non-hydrogen) atoms. The van der Waals surface area contributed by atoms with Gasteiger partial charge in [0.15, 0.2) is 0 Å². The number of nitrogens with one attached hydrogen (secondary N) is 1. The summed E-state index contributed by atoms with van der Waals surface area (Å²) in [5.41, 5.74) is 0.918. The van der Waals surface area contributed by atoms with Crippen molar-refractivity contribution in [3.05, 3.63) is 29.8 Å². The van der Waals surface area contributed by atoms with E-state index in [0.29, 0.717) is 13.0 Å². The summed E-state index contributed by atoms with van der Waals surface area (Å²) in [6, 6.07) is 7.35. The van der Waals surface area contributed by atoms with Gasteiger partial charge in [-0.1, -0.05) is 18.2 Å². The van der Waals surface area contributed by atoms with Gasteiger partial charge in [-0.3, -0.25) is 0 Å². The number of fused-ring (bicyclic) bond motifs is 1. The highest BCUT2D eigenvalue weighted by molar-refractivity contribution is 5.65. The zero-order valence-corrected chi connectivity index (χ0v) is 7.56. The largest absolute Gasteiger partial charge is 0.493 e. The lowest BCUT2D eigenvalue weighted by atomic mass is 10.0. The SMILES string of the molecule is O=C(O)N[C@H]1CCOc2ccccc21. The van der Waals surface area contributed by atoms with Crippen molar-refractivity contribution in [1.29, 1.82) is 0 Å².